The Kier molecular flexibility index (Phi) is 4.16. The molecule has 0 saturated carbocycles. The van der Waals surface area contributed by atoms with E-state index >= 15 is 0 Å². The average Bonchev–Trinajstić information content (AvgIpc) is 3.34. The van der Waals surface area contributed by atoms with Gasteiger partial charge < -0.3 is 10.1 Å². The van der Waals surface area contributed by atoms with Crippen LogP contribution in [-0.4, -0.2) is 37.9 Å². The normalized spacial score (nSPS) is 17.1. The second-order valence-electron chi connectivity index (χ2n) is 5.75. The molecule has 1 saturated heterocycles. The second kappa shape index (κ2) is 6.76. The van der Waals surface area contributed by atoms with Gasteiger partial charge in [-0.05, 0) is 24.1 Å². The lowest BCUT2D eigenvalue weighted by atomic mass is 10.1. The van der Waals surface area contributed by atoms with Crippen molar-refractivity contribution in [1.82, 2.24) is 24.7 Å². The number of nitrogens with zero attached hydrogens (tertiary/aromatic N) is 5. The Morgan fingerprint density at radius 2 is 2.08 bits per heavy atom. The van der Waals surface area contributed by atoms with Crippen molar-refractivity contribution in [2.45, 2.75) is 18.9 Å². The Hall–Kier alpha value is -2.80. The first-order chi connectivity index (χ1) is 11.9. The van der Waals surface area contributed by atoms with Crippen molar-refractivity contribution in [2.75, 3.05) is 18.5 Å². The standard InChI is InChI=1S/C17H18N6O/c1-3-15(23-12-18-10-22-23)4-2-13(1)8-19-17-7-16(20-11-21-17)14-5-6-24-9-14/h1-4,7,10-12,14H,5-6,8-9H2,(H,19,20,21). The molecule has 0 bridgehead atoms. The van der Waals surface area contributed by atoms with Crippen LogP contribution in [0, 0.1) is 0 Å². The zero-order valence-electron chi connectivity index (χ0n) is 13.2. The van der Waals surface area contributed by atoms with Crippen LogP contribution in [0.15, 0.2) is 49.3 Å². The molecule has 1 unspecified atom stereocenters. The van der Waals surface area contributed by atoms with Crippen LogP contribution < -0.4 is 5.32 Å². The molecule has 1 atom stereocenters. The molecule has 1 fully saturated rings. The maximum Gasteiger partial charge on any atom is 0.138 e. The van der Waals surface area contributed by atoms with Gasteiger partial charge in [-0.15, -0.1) is 0 Å². The number of rotatable bonds is 5. The van der Waals surface area contributed by atoms with Crippen molar-refractivity contribution in [3.63, 3.8) is 0 Å². The van der Waals surface area contributed by atoms with E-state index in [4.69, 9.17) is 4.74 Å². The van der Waals surface area contributed by atoms with E-state index in [-0.39, 0.29) is 0 Å². The molecule has 3 heterocycles. The molecule has 1 aromatic carbocycles. The third-order valence-corrected chi connectivity index (χ3v) is 4.13. The summed E-state index contributed by atoms with van der Waals surface area (Å²) < 4.78 is 7.16. The van der Waals surface area contributed by atoms with Crippen molar-refractivity contribution < 1.29 is 4.74 Å². The van der Waals surface area contributed by atoms with E-state index in [2.05, 4.69) is 37.5 Å². The first kappa shape index (κ1) is 14.8. The molecule has 7 heteroatoms. The van der Waals surface area contributed by atoms with Gasteiger partial charge in [0.05, 0.1) is 18.0 Å². The van der Waals surface area contributed by atoms with E-state index in [1.54, 1.807) is 17.3 Å². The van der Waals surface area contributed by atoms with Crippen molar-refractivity contribution >= 4 is 5.82 Å². The van der Waals surface area contributed by atoms with Crippen molar-refractivity contribution in [3.05, 3.63) is 60.6 Å². The van der Waals surface area contributed by atoms with E-state index in [1.807, 2.05) is 18.2 Å². The second-order valence-corrected chi connectivity index (χ2v) is 5.75. The minimum absolute atomic E-state index is 0.385. The lowest BCUT2D eigenvalue weighted by Crippen LogP contribution is -2.06. The minimum atomic E-state index is 0.385. The molecule has 0 radical (unpaired) electrons. The van der Waals surface area contributed by atoms with Crippen molar-refractivity contribution in [2.24, 2.45) is 0 Å². The summed E-state index contributed by atoms with van der Waals surface area (Å²) in [7, 11) is 0. The maximum absolute atomic E-state index is 5.43. The highest BCUT2D eigenvalue weighted by atomic mass is 16.5. The molecule has 122 valence electrons. The third-order valence-electron chi connectivity index (χ3n) is 4.13. The van der Waals surface area contributed by atoms with Crippen LogP contribution in [0.5, 0.6) is 0 Å². The van der Waals surface area contributed by atoms with E-state index < -0.39 is 0 Å². The van der Waals surface area contributed by atoms with Crippen LogP contribution in [0.25, 0.3) is 5.69 Å². The zero-order chi connectivity index (χ0) is 16.2. The largest absolute Gasteiger partial charge is 0.381 e. The summed E-state index contributed by atoms with van der Waals surface area (Å²) in [5.74, 6) is 1.22. The van der Waals surface area contributed by atoms with Gasteiger partial charge in [-0.1, -0.05) is 12.1 Å². The first-order valence-corrected chi connectivity index (χ1v) is 7.96. The first-order valence-electron chi connectivity index (χ1n) is 7.96. The number of benzene rings is 1. The molecule has 7 nitrogen and oxygen atoms in total. The molecule has 1 aliphatic heterocycles. The molecule has 2 aromatic heterocycles. The summed E-state index contributed by atoms with van der Waals surface area (Å²) in [6.07, 6.45) is 5.85. The van der Waals surface area contributed by atoms with Gasteiger partial charge in [-0.25, -0.2) is 19.6 Å². The van der Waals surface area contributed by atoms with Crippen LogP contribution in [-0.2, 0) is 11.3 Å². The summed E-state index contributed by atoms with van der Waals surface area (Å²) >= 11 is 0. The van der Waals surface area contributed by atoms with Crippen molar-refractivity contribution in [1.29, 1.82) is 0 Å². The molecule has 4 rings (SSSR count). The molecule has 0 aliphatic carbocycles. The number of hydrogen-bond donors (Lipinski definition) is 1. The molecule has 1 aliphatic rings. The molecule has 1 N–H and O–H groups in total. The van der Waals surface area contributed by atoms with Crippen LogP contribution in [0.2, 0.25) is 0 Å². The van der Waals surface area contributed by atoms with Crippen LogP contribution in [0.4, 0.5) is 5.82 Å². The number of anilines is 1. The summed E-state index contributed by atoms with van der Waals surface area (Å²) in [6, 6.07) is 10.2. The predicted molar refractivity (Wildman–Crippen MR) is 88.9 cm³/mol. The van der Waals surface area contributed by atoms with E-state index in [1.165, 1.54) is 11.9 Å². The summed E-state index contributed by atoms with van der Waals surface area (Å²) in [6.45, 7) is 2.27. The SMILES string of the molecule is c1nc(NCc2ccc(-n3cncn3)cc2)cc(C2CCOC2)n1. The summed E-state index contributed by atoms with van der Waals surface area (Å²) in [4.78, 5) is 12.6. The number of nitrogens with one attached hydrogen (secondary N) is 1. The number of hydrogen-bond acceptors (Lipinski definition) is 6. The molecular formula is C17H18N6O. The van der Waals surface area contributed by atoms with Gasteiger partial charge in [0.2, 0.25) is 0 Å². The van der Waals surface area contributed by atoms with Gasteiger partial charge in [0.15, 0.2) is 0 Å². The van der Waals surface area contributed by atoms with Gasteiger partial charge in [0, 0.05) is 25.1 Å². The van der Waals surface area contributed by atoms with Gasteiger partial charge in [0.1, 0.15) is 24.8 Å². The fourth-order valence-electron chi connectivity index (χ4n) is 2.76. The van der Waals surface area contributed by atoms with Crippen LogP contribution >= 0.6 is 0 Å². The van der Waals surface area contributed by atoms with E-state index in [0.29, 0.717) is 12.5 Å². The highest BCUT2D eigenvalue weighted by Gasteiger charge is 2.19. The Labute approximate surface area is 139 Å². The molecule has 0 amide bonds. The monoisotopic (exact) mass is 322 g/mol. The van der Waals surface area contributed by atoms with E-state index in [9.17, 15) is 0 Å². The Balaban J connectivity index is 1.40. The molecule has 3 aromatic rings. The van der Waals surface area contributed by atoms with E-state index in [0.717, 1.165) is 36.8 Å². The lowest BCUT2D eigenvalue weighted by molar-refractivity contribution is 0.193. The van der Waals surface area contributed by atoms with Gasteiger partial charge in [0.25, 0.3) is 0 Å². The fourth-order valence-corrected chi connectivity index (χ4v) is 2.76. The Bertz CT molecular complexity index is 781. The summed E-state index contributed by atoms with van der Waals surface area (Å²) in [5, 5.41) is 7.47. The van der Waals surface area contributed by atoms with Gasteiger partial charge in [-0.2, -0.15) is 5.10 Å². The highest BCUT2D eigenvalue weighted by Crippen LogP contribution is 2.24. The quantitative estimate of drug-likeness (QED) is 0.776. The van der Waals surface area contributed by atoms with Crippen molar-refractivity contribution in [3.8, 4) is 5.69 Å². The number of aromatic nitrogens is 5. The molecular weight excluding hydrogens is 304 g/mol. The molecule has 24 heavy (non-hydrogen) atoms. The average molecular weight is 322 g/mol. The van der Waals surface area contributed by atoms with Gasteiger partial charge >= 0.3 is 0 Å². The smallest absolute Gasteiger partial charge is 0.138 e. The minimum Gasteiger partial charge on any atom is -0.381 e. The third kappa shape index (κ3) is 3.26. The van der Waals surface area contributed by atoms with Crippen LogP contribution in [0.3, 0.4) is 0 Å². The lowest BCUT2D eigenvalue weighted by Gasteiger charge is -2.10. The predicted octanol–water partition coefficient (Wildman–Crippen LogP) is 2.17. The fraction of sp³-hybridized carbons (Fsp3) is 0.294. The van der Waals surface area contributed by atoms with Gasteiger partial charge in [-0.3, -0.25) is 0 Å². The topological polar surface area (TPSA) is 77.8 Å². The Morgan fingerprint density at radius 1 is 1.17 bits per heavy atom. The number of ether oxygens (including phenoxy) is 1. The maximum atomic E-state index is 5.43. The molecule has 0 spiro atoms. The van der Waals surface area contributed by atoms with Crippen LogP contribution in [0.1, 0.15) is 23.6 Å². The summed E-state index contributed by atoms with van der Waals surface area (Å²) in [5.41, 5.74) is 3.21. The Morgan fingerprint density at radius 3 is 2.83 bits per heavy atom. The zero-order valence-corrected chi connectivity index (χ0v) is 13.2. The highest BCUT2D eigenvalue weighted by molar-refractivity contribution is 5.39.